The molecule has 6 heteroatoms. The van der Waals surface area contributed by atoms with E-state index in [1.54, 1.807) is 23.7 Å². The number of aryl methyl sites for hydroxylation is 2. The molecule has 3 aromatic heterocycles. The van der Waals surface area contributed by atoms with Crippen LogP contribution in [0.25, 0.3) is 10.7 Å². The van der Waals surface area contributed by atoms with Gasteiger partial charge in [0.25, 0.3) is 0 Å². The van der Waals surface area contributed by atoms with Gasteiger partial charge in [-0.1, -0.05) is 35.0 Å². The highest BCUT2D eigenvalue weighted by Crippen LogP contribution is 2.30. The maximum absolute atomic E-state index is 4.40. The third-order valence-corrected chi connectivity index (χ3v) is 4.95. The molecule has 0 aliphatic heterocycles. The monoisotopic (exact) mass is 347 g/mol. The largest absolute Gasteiger partial charge is 0.264 e. The number of nitrogens with zero attached hydrogens (tertiary/aromatic N) is 5. The van der Waals surface area contributed by atoms with Crippen molar-refractivity contribution in [2.24, 2.45) is 0 Å². The topological polar surface area (TPSA) is 56.5 Å². The van der Waals surface area contributed by atoms with Crippen molar-refractivity contribution in [3.05, 3.63) is 82.8 Å². The van der Waals surface area contributed by atoms with Crippen molar-refractivity contribution in [3.63, 3.8) is 0 Å². The highest BCUT2D eigenvalue weighted by atomic mass is 32.1. The van der Waals surface area contributed by atoms with Crippen molar-refractivity contribution < 1.29 is 0 Å². The van der Waals surface area contributed by atoms with E-state index in [1.165, 1.54) is 16.7 Å². The number of pyridine rings is 1. The minimum atomic E-state index is -0.0742. The van der Waals surface area contributed by atoms with E-state index in [0.717, 1.165) is 16.3 Å². The average molecular weight is 347 g/mol. The first-order chi connectivity index (χ1) is 12.2. The molecule has 1 aromatic carbocycles. The fourth-order valence-corrected chi connectivity index (χ4v) is 3.50. The van der Waals surface area contributed by atoms with Crippen molar-refractivity contribution in [2.75, 3.05) is 0 Å². The summed E-state index contributed by atoms with van der Waals surface area (Å²) in [7, 11) is 0. The third kappa shape index (κ3) is 3.08. The van der Waals surface area contributed by atoms with Crippen LogP contribution in [0.2, 0.25) is 0 Å². The van der Waals surface area contributed by atoms with E-state index in [4.69, 9.17) is 0 Å². The zero-order valence-corrected chi connectivity index (χ0v) is 14.8. The van der Waals surface area contributed by atoms with Crippen LogP contribution in [-0.2, 0) is 0 Å². The van der Waals surface area contributed by atoms with Crippen LogP contribution >= 0.6 is 11.3 Å². The second-order valence-corrected chi connectivity index (χ2v) is 6.86. The third-order valence-electron chi connectivity index (χ3n) is 4.16. The highest BCUT2D eigenvalue weighted by Gasteiger charge is 2.21. The number of benzene rings is 1. The SMILES string of the molecule is Cc1ccc(C)c(C(c2cccnc2)n2cc(-c3nccs3)nn2)c1. The standard InChI is InChI=1S/C19H17N5S/c1-13-5-6-14(2)16(10-13)18(15-4-3-7-20-11-15)24-12-17(22-23-24)19-21-8-9-25-19/h3-12,18H,1-2H3. The van der Waals surface area contributed by atoms with E-state index >= 15 is 0 Å². The molecule has 0 N–H and O–H groups in total. The Bertz CT molecular complexity index is 976. The summed E-state index contributed by atoms with van der Waals surface area (Å²) in [5.41, 5.74) is 5.49. The summed E-state index contributed by atoms with van der Waals surface area (Å²) in [4.78, 5) is 8.62. The Morgan fingerprint density at radius 3 is 2.80 bits per heavy atom. The normalized spacial score (nSPS) is 12.2. The van der Waals surface area contributed by atoms with Gasteiger partial charge in [0, 0.05) is 24.0 Å². The molecule has 0 aliphatic rings. The average Bonchev–Trinajstić information content (AvgIpc) is 3.31. The van der Waals surface area contributed by atoms with Crippen molar-refractivity contribution in [2.45, 2.75) is 19.9 Å². The second-order valence-electron chi connectivity index (χ2n) is 5.97. The van der Waals surface area contributed by atoms with Gasteiger partial charge in [0.1, 0.15) is 16.7 Å². The Balaban J connectivity index is 1.85. The van der Waals surface area contributed by atoms with Crippen molar-refractivity contribution in [3.8, 4) is 10.7 Å². The molecule has 4 rings (SSSR count). The molecule has 4 aromatic rings. The van der Waals surface area contributed by atoms with E-state index in [-0.39, 0.29) is 6.04 Å². The summed E-state index contributed by atoms with van der Waals surface area (Å²) in [6.07, 6.45) is 7.41. The van der Waals surface area contributed by atoms with Gasteiger partial charge in [0.15, 0.2) is 0 Å². The summed E-state index contributed by atoms with van der Waals surface area (Å²) < 4.78 is 1.90. The summed E-state index contributed by atoms with van der Waals surface area (Å²) in [5, 5.41) is 11.5. The van der Waals surface area contributed by atoms with Gasteiger partial charge >= 0.3 is 0 Å². The Morgan fingerprint density at radius 2 is 2.04 bits per heavy atom. The van der Waals surface area contributed by atoms with Gasteiger partial charge in [-0.3, -0.25) is 4.98 Å². The fourth-order valence-electron chi connectivity index (χ4n) is 2.92. The van der Waals surface area contributed by atoms with Crippen LogP contribution in [0.4, 0.5) is 0 Å². The molecule has 0 bridgehead atoms. The predicted molar refractivity (Wildman–Crippen MR) is 98.5 cm³/mol. The smallest absolute Gasteiger partial charge is 0.145 e. The number of hydrogen-bond acceptors (Lipinski definition) is 5. The lowest BCUT2D eigenvalue weighted by molar-refractivity contribution is 0.567. The Kier molecular flexibility index (Phi) is 4.11. The number of thiazole rings is 1. The molecule has 25 heavy (non-hydrogen) atoms. The molecular formula is C19H17N5S. The fraction of sp³-hybridized carbons (Fsp3) is 0.158. The quantitative estimate of drug-likeness (QED) is 0.559. The molecule has 0 fully saturated rings. The van der Waals surface area contributed by atoms with Crippen LogP contribution in [0.15, 0.2) is 60.5 Å². The molecular weight excluding hydrogens is 330 g/mol. The maximum Gasteiger partial charge on any atom is 0.145 e. The summed E-state index contributed by atoms with van der Waals surface area (Å²) in [6.45, 7) is 4.22. The summed E-state index contributed by atoms with van der Waals surface area (Å²) in [6, 6.07) is 10.4. The van der Waals surface area contributed by atoms with Gasteiger partial charge in [0.05, 0.1) is 6.20 Å². The van der Waals surface area contributed by atoms with E-state index < -0.39 is 0 Å². The van der Waals surface area contributed by atoms with E-state index in [9.17, 15) is 0 Å². The van der Waals surface area contributed by atoms with Gasteiger partial charge < -0.3 is 0 Å². The van der Waals surface area contributed by atoms with Crippen LogP contribution in [0.1, 0.15) is 28.3 Å². The molecule has 0 saturated carbocycles. The van der Waals surface area contributed by atoms with Gasteiger partial charge in [-0.15, -0.1) is 16.4 Å². The van der Waals surface area contributed by atoms with Crippen LogP contribution in [0.3, 0.4) is 0 Å². The molecule has 0 radical (unpaired) electrons. The highest BCUT2D eigenvalue weighted by molar-refractivity contribution is 7.13. The first kappa shape index (κ1) is 15.7. The van der Waals surface area contributed by atoms with Crippen LogP contribution in [0, 0.1) is 13.8 Å². The minimum absolute atomic E-state index is 0.0742. The lowest BCUT2D eigenvalue weighted by Gasteiger charge is -2.20. The number of aromatic nitrogens is 5. The van der Waals surface area contributed by atoms with Crippen molar-refractivity contribution in [1.82, 2.24) is 25.0 Å². The molecule has 3 heterocycles. The molecule has 1 unspecified atom stereocenters. The summed E-state index contributed by atoms with van der Waals surface area (Å²) in [5.74, 6) is 0. The lowest BCUT2D eigenvalue weighted by atomic mass is 9.94. The molecule has 0 saturated heterocycles. The molecule has 0 amide bonds. The van der Waals surface area contributed by atoms with Gasteiger partial charge in [0.2, 0.25) is 0 Å². The zero-order chi connectivity index (χ0) is 17.2. The Morgan fingerprint density at radius 1 is 1.12 bits per heavy atom. The van der Waals surface area contributed by atoms with Crippen LogP contribution in [0.5, 0.6) is 0 Å². The molecule has 0 spiro atoms. The number of hydrogen-bond donors (Lipinski definition) is 0. The molecule has 5 nitrogen and oxygen atoms in total. The van der Waals surface area contributed by atoms with E-state index in [2.05, 4.69) is 58.4 Å². The van der Waals surface area contributed by atoms with Crippen molar-refractivity contribution in [1.29, 1.82) is 0 Å². The maximum atomic E-state index is 4.40. The van der Waals surface area contributed by atoms with Gasteiger partial charge in [-0.2, -0.15) is 0 Å². The second kappa shape index (κ2) is 6.57. The Hall–Kier alpha value is -2.86. The first-order valence-electron chi connectivity index (χ1n) is 8.01. The van der Waals surface area contributed by atoms with E-state index in [1.807, 2.05) is 28.5 Å². The first-order valence-corrected chi connectivity index (χ1v) is 8.89. The minimum Gasteiger partial charge on any atom is -0.264 e. The zero-order valence-electron chi connectivity index (χ0n) is 14.0. The van der Waals surface area contributed by atoms with E-state index in [0.29, 0.717) is 0 Å². The Labute approximate surface area is 150 Å². The van der Waals surface area contributed by atoms with Gasteiger partial charge in [-0.05, 0) is 36.6 Å². The van der Waals surface area contributed by atoms with Crippen LogP contribution < -0.4 is 0 Å². The molecule has 1 atom stereocenters. The van der Waals surface area contributed by atoms with Crippen LogP contribution in [-0.4, -0.2) is 25.0 Å². The number of rotatable bonds is 4. The summed E-state index contributed by atoms with van der Waals surface area (Å²) >= 11 is 1.56. The predicted octanol–water partition coefficient (Wildman–Crippen LogP) is 4.05. The van der Waals surface area contributed by atoms with Crippen molar-refractivity contribution >= 4 is 11.3 Å². The molecule has 0 aliphatic carbocycles. The molecule has 124 valence electrons. The van der Waals surface area contributed by atoms with Gasteiger partial charge in [-0.25, -0.2) is 9.67 Å². The lowest BCUT2D eigenvalue weighted by Crippen LogP contribution is -2.15.